The Morgan fingerprint density at radius 2 is 2.00 bits per heavy atom. The minimum absolute atomic E-state index is 0.408. The van der Waals surface area contributed by atoms with Crippen LogP contribution in [-0.4, -0.2) is 24.7 Å². The molecule has 2 nitrogen and oxygen atoms in total. The van der Waals surface area contributed by atoms with E-state index in [9.17, 15) is 18.0 Å². The SMILES string of the molecule is CC(=O)[C@H](C)OCC(F)(F)F. The van der Waals surface area contributed by atoms with Crippen LogP contribution in [0.4, 0.5) is 13.2 Å². The summed E-state index contributed by atoms with van der Waals surface area (Å²) >= 11 is 0. The molecule has 0 spiro atoms. The lowest BCUT2D eigenvalue weighted by Gasteiger charge is -2.11. The molecule has 0 N–H and O–H groups in total. The average molecular weight is 170 g/mol. The number of hydrogen-bond donors (Lipinski definition) is 0. The number of ketones is 1. The number of carbonyl (C=O) groups excluding carboxylic acids is 1. The van der Waals surface area contributed by atoms with Crippen molar-refractivity contribution in [1.29, 1.82) is 0 Å². The van der Waals surface area contributed by atoms with Crippen LogP contribution in [0.5, 0.6) is 0 Å². The summed E-state index contributed by atoms with van der Waals surface area (Å²) in [5, 5.41) is 0. The molecule has 0 fully saturated rings. The van der Waals surface area contributed by atoms with Gasteiger partial charge >= 0.3 is 6.18 Å². The summed E-state index contributed by atoms with van der Waals surface area (Å²) in [6.07, 6.45) is -5.33. The molecule has 66 valence electrons. The third-order valence-corrected chi connectivity index (χ3v) is 1.07. The third kappa shape index (κ3) is 5.84. The first-order chi connectivity index (χ1) is 4.83. The summed E-state index contributed by atoms with van der Waals surface area (Å²) in [6.45, 7) is 1.10. The molecule has 0 aliphatic carbocycles. The smallest absolute Gasteiger partial charge is 0.361 e. The summed E-state index contributed by atoms with van der Waals surface area (Å²) < 4.78 is 38.5. The van der Waals surface area contributed by atoms with Gasteiger partial charge in [-0.2, -0.15) is 13.2 Å². The second-order valence-corrected chi connectivity index (χ2v) is 2.18. The van der Waals surface area contributed by atoms with Gasteiger partial charge in [-0.15, -0.1) is 0 Å². The first-order valence-electron chi connectivity index (χ1n) is 3.02. The number of alkyl halides is 3. The molecule has 0 heterocycles. The Kier molecular flexibility index (Phi) is 3.51. The molecule has 0 saturated carbocycles. The number of rotatable bonds is 3. The number of halogens is 3. The van der Waals surface area contributed by atoms with Crippen molar-refractivity contribution >= 4 is 5.78 Å². The van der Waals surface area contributed by atoms with Crippen molar-refractivity contribution in [2.45, 2.75) is 26.1 Å². The predicted molar refractivity (Wildman–Crippen MR) is 32.1 cm³/mol. The Balaban J connectivity index is 3.63. The van der Waals surface area contributed by atoms with E-state index < -0.39 is 24.7 Å². The predicted octanol–water partition coefficient (Wildman–Crippen LogP) is 1.54. The fraction of sp³-hybridized carbons (Fsp3) is 0.833. The minimum atomic E-state index is -4.36. The van der Waals surface area contributed by atoms with Gasteiger partial charge in [0, 0.05) is 0 Å². The molecular weight excluding hydrogens is 161 g/mol. The average Bonchev–Trinajstić information content (AvgIpc) is 1.80. The quantitative estimate of drug-likeness (QED) is 0.642. The second kappa shape index (κ2) is 3.71. The third-order valence-electron chi connectivity index (χ3n) is 1.07. The maximum atomic E-state index is 11.4. The minimum Gasteiger partial charge on any atom is -0.361 e. The molecule has 0 unspecified atom stereocenters. The summed E-state index contributed by atoms with van der Waals surface area (Å²) in [6, 6.07) is 0. The highest BCUT2D eigenvalue weighted by Gasteiger charge is 2.29. The monoisotopic (exact) mass is 170 g/mol. The summed E-state index contributed by atoms with van der Waals surface area (Å²) in [4.78, 5) is 10.4. The lowest BCUT2D eigenvalue weighted by atomic mass is 10.3. The van der Waals surface area contributed by atoms with Crippen molar-refractivity contribution in [3.8, 4) is 0 Å². The van der Waals surface area contributed by atoms with Crippen molar-refractivity contribution in [2.24, 2.45) is 0 Å². The van der Waals surface area contributed by atoms with E-state index in [0.717, 1.165) is 0 Å². The molecule has 0 amide bonds. The fourth-order valence-corrected chi connectivity index (χ4v) is 0.337. The number of carbonyl (C=O) groups is 1. The molecular formula is C6H9F3O2. The van der Waals surface area contributed by atoms with Gasteiger partial charge in [-0.3, -0.25) is 4.79 Å². The van der Waals surface area contributed by atoms with E-state index in [1.807, 2.05) is 0 Å². The van der Waals surface area contributed by atoms with Crippen molar-refractivity contribution in [3.63, 3.8) is 0 Å². The molecule has 0 aromatic carbocycles. The van der Waals surface area contributed by atoms with Crippen LogP contribution >= 0.6 is 0 Å². The van der Waals surface area contributed by atoms with Crippen molar-refractivity contribution in [3.05, 3.63) is 0 Å². The maximum absolute atomic E-state index is 11.4. The molecule has 0 aliphatic heterocycles. The van der Waals surface area contributed by atoms with Gasteiger partial charge in [0.15, 0.2) is 5.78 Å². The van der Waals surface area contributed by atoms with Crippen LogP contribution in [0.1, 0.15) is 13.8 Å². The van der Waals surface area contributed by atoms with E-state index in [0.29, 0.717) is 0 Å². The molecule has 0 bridgehead atoms. The van der Waals surface area contributed by atoms with Gasteiger partial charge in [0.1, 0.15) is 12.7 Å². The van der Waals surface area contributed by atoms with Crippen molar-refractivity contribution in [1.82, 2.24) is 0 Å². The Morgan fingerprint density at radius 1 is 1.55 bits per heavy atom. The largest absolute Gasteiger partial charge is 0.411 e. The van der Waals surface area contributed by atoms with E-state index in [1.54, 1.807) is 0 Å². The number of Topliss-reactive ketones (excluding diaryl/α,β-unsaturated/α-hetero) is 1. The van der Waals surface area contributed by atoms with Crippen LogP contribution in [0.3, 0.4) is 0 Å². The Hall–Kier alpha value is -0.580. The Morgan fingerprint density at radius 3 is 2.27 bits per heavy atom. The van der Waals surface area contributed by atoms with Gasteiger partial charge in [0.05, 0.1) is 0 Å². The molecule has 0 radical (unpaired) electrons. The van der Waals surface area contributed by atoms with Crippen LogP contribution in [0.2, 0.25) is 0 Å². The van der Waals surface area contributed by atoms with Crippen LogP contribution in [0, 0.1) is 0 Å². The summed E-state index contributed by atoms with van der Waals surface area (Å²) in [5.41, 5.74) is 0. The molecule has 0 saturated heterocycles. The van der Waals surface area contributed by atoms with Gasteiger partial charge in [-0.1, -0.05) is 0 Å². The van der Waals surface area contributed by atoms with E-state index in [-0.39, 0.29) is 0 Å². The van der Waals surface area contributed by atoms with Crippen LogP contribution in [-0.2, 0) is 9.53 Å². The zero-order valence-electron chi connectivity index (χ0n) is 6.23. The van der Waals surface area contributed by atoms with Crippen molar-refractivity contribution < 1.29 is 22.7 Å². The molecule has 5 heteroatoms. The lowest BCUT2D eigenvalue weighted by Crippen LogP contribution is -2.25. The second-order valence-electron chi connectivity index (χ2n) is 2.18. The molecule has 0 aromatic heterocycles. The van der Waals surface area contributed by atoms with Crippen LogP contribution in [0.25, 0.3) is 0 Å². The first kappa shape index (κ1) is 10.4. The molecule has 0 rings (SSSR count). The summed E-state index contributed by atoms with van der Waals surface area (Å²) in [7, 11) is 0. The first-order valence-corrected chi connectivity index (χ1v) is 3.02. The number of hydrogen-bond acceptors (Lipinski definition) is 2. The molecule has 0 aliphatic rings. The summed E-state index contributed by atoms with van der Waals surface area (Å²) in [5.74, 6) is -0.408. The fourth-order valence-electron chi connectivity index (χ4n) is 0.337. The van der Waals surface area contributed by atoms with Gasteiger partial charge in [-0.05, 0) is 13.8 Å². The van der Waals surface area contributed by atoms with E-state index >= 15 is 0 Å². The highest BCUT2D eigenvalue weighted by atomic mass is 19.4. The van der Waals surface area contributed by atoms with Gasteiger partial charge in [-0.25, -0.2) is 0 Å². The van der Waals surface area contributed by atoms with Crippen molar-refractivity contribution in [2.75, 3.05) is 6.61 Å². The Labute approximate surface area is 62.3 Å². The normalized spacial score (nSPS) is 14.6. The molecule has 1 atom stereocenters. The topological polar surface area (TPSA) is 26.3 Å². The molecule has 11 heavy (non-hydrogen) atoms. The highest BCUT2D eigenvalue weighted by Crippen LogP contribution is 2.15. The number of ether oxygens (including phenoxy) is 1. The standard InChI is InChI=1S/C6H9F3O2/c1-4(10)5(2)11-3-6(7,8)9/h5H,3H2,1-2H3/t5-/m0/s1. The van der Waals surface area contributed by atoms with Crippen LogP contribution in [0.15, 0.2) is 0 Å². The Bertz CT molecular complexity index is 141. The maximum Gasteiger partial charge on any atom is 0.411 e. The van der Waals surface area contributed by atoms with E-state index in [2.05, 4.69) is 4.74 Å². The van der Waals surface area contributed by atoms with E-state index in [4.69, 9.17) is 0 Å². The van der Waals surface area contributed by atoms with E-state index in [1.165, 1.54) is 13.8 Å². The zero-order valence-corrected chi connectivity index (χ0v) is 6.23. The van der Waals surface area contributed by atoms with Gasteiger partial charge in [0.2, 0.25) is 0 Å². The van der Waals surface area contributed by atoms with Gasteiger partial charge < -0.3 is 4.74 Å². The lowest BCUT2D eigenvalue weighted by molar-refractivity contribution is -0.184. The molecule has 0 aromatic rings. The van der Waals surface area contributed by atoms with Crippen LogP contribution < -0.4 is 0 Å². The zero-order chi connectivity index (χ0) is 9.07. The highest BCUT2D eigenvalue weighted by molar-refractivity contribution is 5.79. The van der Waals surface area contributed by atoms with Gasteiger partial charge in [0.25, 0.3) is 0 Å².